The van der Waals surface area contributed by atoms with Crippen molar-refractivity contribution in [3.63, 3.8) is 0 Å². The topological polar surface area (TPSA) is 25.8 Å². The van der Waals surface area contributed by atoms with E-state index in [1.54, 1.807) is 16.9 Å². The van der Waals surface area contributed by atoms with Crippen molar-refractivity contribution < 1.29 is 0 Å². The summed E-state index contributed by atoms with van der Waals surface area (Å²) in [4.78, 5) is 0. The molecular formula is C19H21ClN2S2. The standard InChI is InChI=1S/C19H21ClN2S2/c1-19(2)14-7-6-12(16(19)11-14)8-9-23-18-22-21-17(24-18)13-4-3-5-15(20)10-13/h3-6,10,14,16H,7-9,11H2,1-2H3. The molecule has 2 atom stereocenters. The smallest absolute Gasteiger partial charge is 0.137 e. The largest absolute Gasteiger partial charge is 0.174 e. The zero-order valence-electron chi connectivity index (χ0n) is 14.0. The molecule has 0 aliphatic heterocycles. The van der Waals surface area contributed by atoms with Crippen molar-refractivity contribution in [3.8, 4) is 10.6 Å². The molecule has 126 valence electrons. The van der Waals surface area contributed by atoms with E-state index in [9.17, 15) is 0 Å². The van der Waals surface area contributed by atoms with E-state index in [-0.39, 0.29) is 0 Å². The van der Waals surface area contributed by atoms with Crippen molar-refractivity contribution in [2.45, 2.75) is 37.4 Å². The Kier molecular flexibility index (Phi) is 4.48. The van der Waals surface area contributed by atoms with Gasteiger partial charge < -0.3 is 0 Å². The average Bonchev–Trinajstić information content (AvgIpc) is 3.04. The van der Waals surface area contributed by atoms with Crippen LogP contribution in [0.25, 0.3) is 10.6 Å². The van der Waals surface area contributed by atoms with Crippen LogP contribution in [-0.4, -0.2) is 16.0 Å². The molecule has 5 rings (SSSR count). The van der Waals surface area contributed by atoms with Gasteiger partial charge in [0.25, 0.3) is 0 Å². The molecule has 0 N–H and O–H groups in total. The van der Waals surface area contributed by atoms with Crippen LogP contribution in [0, 0.1) is 17.3 Å². The number of halogens is 1. The lowest BCUT2D eigenvalue weighted by Gasteiger charge is -2.56. The van der Waals surface area contributed by atoms with Gasteiger partial charge in [-0.2, -0.15) is 0 Å². The SMILES string of the molecule is CC1(C)C2CC=C(CCSc3nnc(-c4cccc(Cl)c4)s3)C1C2. The Morgan fingerprint density at radius 1 is 1.33 bits per heavy atom. The van der Waals surface area contributed by atoms with E-state index in [1.807, 2.05) is 36.0 Å². The lowest BCUT2D eigenvalue weighted by atomic mass is 9.48. The van der Waals surface area contributed by atoms with Crippen molar-refractivity contribution in [2.24, 2.45) is 17.3 Å². The fourth-order valence-corrected chi connectivity index (χ4v) is 6.12. The molecule has 1 aromatic carbocycles. The van der Waals surface area contributed by atoms with Gasteiger partial charge in [0, 0.05) is 16.3 Å². The molecule has 2 bridgehead atoms. The number of rotatable bonds is 5. The summed E-state index contributed by atoms with van der Waals surface area (Å²) in [5.74, 6) is 2.82. The van der Waals surface area contributed by atoms with E-state index in [4.69, 9.17) is 11.6 Å². The van der Waals surface area contributed by atoms with E-state index < -0.39 is 0 Å². The van der Waals surface area contributed by atoms with Crippen LogP contribution in [0.2, 0.25) is 5.02 Å². The third-order valence-electron chi connectivity index (χ3n) is 5.68. The Balaban J connectivity index is 1.35. The van der Waals surface area contributed by atoms with Gasteiger partial charge in [-0.1, -0.05) is 72.3 Å². The Labute approximate surface area is 156 Å². The first-order chi connectivity index (χ1) is 11.5. The number of fused-ring (bicyclic) bond motifs is 1. The van der Waals surface area contributed by atoms with Crippen molar-refractivity contribution in [1.82, 2.24) is 10.2 Å². The van der Waals surface area contributed by atoms with Crippen molar-refractivity contribution in [2.75, 3.05) is 5.75 Å². The van der Waals surface area contributed by atoms with Crippen LogP contribution >= 0.6 is 34.7 Å². The van der Waals surface area contributed by atoms with E-state index >= 15 is 0 Å². The lowest BCUT2D eigenvalue weighted by Crippen LogP contribution is -2.48. The first-order valence-electron chi connectivity index (χ1n) is 8.45. The number of aromatic nitrogens is 2. The minimum atomic E-state index is 0.525. The highest BCUT2D eigenvalue weighted by Crippen LogP contribution is 2.59. The predicted molar refractivity (Wildman–Crippen MR) is 104 cm³/mol. The number of hydrogen-bond donors (Lipinski definition) is 0. The van der Waals surface area contributed by atoms with Gasteiger partial charge in [0.05, 0.1) is 0 Å². The van der Waals surface area contributed by atoms with Gasteiger partial charge in [0.15, 0.2) is 4.34 Å². The van der Waals surface area contributed by atoms with E-state index in [0.717, 1.165) is 37.5 Å². The molecule has 0 saturated heterocycles. The van der Waals surface area contributed by atoms with Gasteiger partial charge >= 0.3 is 0 Å². The van der Waals surface area contributed by atoms with Crippen LogP contribution in [0.3, 0.4) is 0 Å². The minimum absolute atomic E-state index is 0.525. The quantitative estimate of drug-likeness (QED) is 0.450. The van der Waals surface area contributed by atoms with Gasteiger partial charge in [-0.3, -0.25) is 0 Å². The number of hydrogen-bond acceptors (Lipinski definition) is 4. The van der Waals surface area contributed by atoms with Gasteiger partial charge in [0.1, 0.15) is 5.01 Å². The van der Waals surface area contributed by atoms with E-state index in [1.165, 1.54) is 19.3 Å². The summed E-state index contributed by atoms with van der Waals surface area (Å²) in [7, 11) is 0. The van der Waals surface area contributed by atoms with Crippen LogP contribution in [0.1, 0.15) is 33.1 Å². The molecule has 3 aliphatic rings. The first-order valence-corrected chi connectivity index (χ1v) is 10.6. The molecule has 0 amide bonds. The molecular weight excluding hydrogens is 356 g/mol. The monoisotopic (exact) mass is 376 g/mol. The molecule has 1 fully saturated rings. The van der Waals surface area contributed by atoms with Gasteiger partial charge in [-0.25, -0.2) is 0 Å². The number of thioether (sulfide) groups is 1. The molecule has 24 heavy (non-hydrogen) atoms. The summed E-state index contributed by atoms with van der Waals surface area (Å²) < 4.78 is 1.05. The summed E-state index contributed by atoms with van der Waals surface area (Å²) in [5.41, 5.74) is 3.25. The molecule has 1 aromatic heterocycles. The predicted octanol–water partition coefficient (Wildman–Crippen LogP) is 6.33. The fourth-order valence-electron chi connectivity index (χ4n) is 4.02. The first kappa shape index (κ1) is 16.6. The minimum Gasteiger partial charge on any atom is -0.137 e. The Morgan fingerprint density at radius 2 is 2.21 bits per heavy atom. The van der Waals surface area contributed by atoms with Gasteiger partial charge in [-0.15, -0.1) is 10.2 Å². The Morgan fingerprint density at radius 3 is 2.96 bits per heavy atom. The lowest BCUT2D eigenvalue weighted by molar-refractivity contribution is -0.00767. The maximum Gasteiger partial charge on any atom is 0.174 e. The van der Waals surface area contributed by atoms with Crippen LogP contribution in [0.4, 0.5) is 0 Å². The van der Waals surface area contributed by atoms with Gasteiger partial charge in [-0.05, 0) is 48.6 Å². The third kappa shape index (κ3) is 3.04. The maximum absolute atomic E-state index is 6.06. The summed E-state index contributed by atoms with van der Waals surface area (Å²) >= 11 is 9.54. The zero-order chi connectivity index (χ0) is 16.7. The molecule has 3 aliphatic carbocycles. The highest BCUT2D eigenvalue weighted by molar-refractivity contribution is 8.01. The third-order valence-corrected chi connectivity index (χ3v) is 8.02. The fraction of sp³-hybridized carbons (Fsp3) is 0.474. The highest BCUT2D eigenvalue weighted by atomic mass is 35.5. The van der Waals surface area contributed by atoms with Crippen LogP contribution in [-0.2, 0) is 0 Å². The summed E-state index contributed by atoms with van der Waals surface area (Å²) in [6.45, 7) is 4.88. The molecule has 1 heterocycles. The highest BCUT2D eigenvalue weighted by Gasteiger charge is 2.50. The summed E-state index contributed by atoms with van der Waals surface area (Å²) in [6, 6.07) is 7.81. The number of nitrogens with zero attached hydrogens (tertiary/aromatic N) is 2. The van der Waals surface area contributed by atoms with Crippen molar-refractivity contribution in [1.29, 1.82) is 0 Å². The Hall–Kier alpha value is -0.840. The van der Waals surface area contributed by atoms with Crippen molar-refractivity contribution >= 4 is 34.7 Å². The van der Waals surface area contributed by atoms with E-state index in [2.05, 4.69) is 30.1 Å². The molecule has 2 aromatic rings. The molecule has 2 unspecified atom stereocenters. The van der Waals surface area contributed by atoms with Gasteiger partial charge in [0.2, 0.25) is 0 Å². The zero-order valence-corrected chi connectivity index (χ0v) is 16.3. The molecule has 0 spiro atoms. The molecule has 5 heteroatoms. The average molecular weight is 377 g/mol. The second-order valence-corrected chi connectivity index (χ2v) is 10.1. The summed E-state index contributed by atoms with van der Waals surface area (Å²) in [5, 5.41) is 10.3. The molecule has 2 nitrogen and oxygen atoms in total. The normalized spacial score (nSPS) is 24.4. The van der Waals surface area contributed by atoms with Crippen LogP contribution in [0.15, 0.2) is 40.3 Å². The van der Waals surface area contributed by atoms with Crippen molar-refractivity contribution in [3.05, 3.63) is 40.9 Å². The summed E-state index contributed by atoms with van der Waals surface area (Å²) in [6.07, 6.45) is 6.36. The number of benzene rings is 1. The molecule has 0 radical (unpaired) electrons. The number of allylic oxidation sites excluding steroid dienone is 2. The Bertz CT molecular complexity index is 781. The maximum atomic E-state index is 6.06. The van der Waals surface area contributed by atoms with E-state index in [0.29, 0.717) is 5.41 Å². The van der Waals surface area contributed by atoms with Crippen LogP contribution in [0.5, 0.6) is 0 Å². The second kappa shape index (κ2) is 6.47. The second-order valence-electron chi connectivity index (χ2n) is 7.30. The van der Waals surface area contributed by atoms with Crippen LogP contribution < -0.4 is 0 Å². The molecule has 1 saturated carbocycles.